The number of hydrogen-bond acceptors (Lipinski definition) is 1. The second kappa shape index (κ2) is 3.95. The maximum atomic E-state index is 5.59. The molecule has 1 aromatic heterocycles. The SMILES string of the molecule is ClCC=Cc1cccc2sccc12. The van der Waals surface area contributed by atoms with Gasteiger partial charge in [-0.15, -0.1) is 22.9 Å². The fourth-order valence-corrected chi connectivity index (χ4v) is 2.24. The van der Waals surface area contributed by atoms with Crippen LogP contribution in [0.3, 0.4) is 0 Å². The van der Waals surface area contributed by atoms with Crippen molar-refractivity contribution in [2.24, 2.45) is 0 Å². The Hall–Kier alpha value is -0.790. The van der Waals surface area contributed by atoms with Crippen molar-refractivity contribution < 1.29 is 0 Å². The van der Waals surface area contributed by atoms with Gasteiger partial charge in [0.1, 0.15) is 0 Å². The molecule has 0 atom stereocenters. The third-order valence-electron chi connectivity index (χ3n) is 1.92. The number of allylic oxidation sites excluding steroid dienone is 1. The van der Waals surface area contributed by atoms with Gasteiger partial charge in [-0.3, -0.25) is 0 Å². The Morgan fingerprint density at radius 2 is 2.23 bits per heavy atom. The third-order valence-corrected chi connectivity index (χ3v) is 2.98. The van der Waals surface area contributed by atoms with E-state index in [1.165, 1.54) is 15.6 Å². The van der Waals surface area contributed by atoms with E-state index < -0.39 is 0 Å². The van der Waals surface area contributed by atoms with Crippen molar-refractivity contribution in [1.29, 1.82) is 0 Å². The summed E-state index contributed by atoms with van der Waals surface area (Å²) in [7, 11) is 0. The Kier molecular flexibility index (Phi) is 2.67. The van der Waals surface area contributed by atoms with Crippen molar-refractivity contribution in [3.05, 3.63) is 41.3 Å². The van der Waals surface area contributed by atoms with Crippen LogP contribution in [0.2, 0.25) is 0 Å². The van der Waals surface area contributed by atoms with Gasteiger partial charge in [-0.1, -0.05) is 24.3 Å². The highest BCUT2D eigenvalue weighted by molar-refractivity contribution is 7.17. The highest BCUT2D eigenvalue weighted by Crippen LogP contribution is 2.24. The minimum atomic E-state index is 0.570. The maximum Gasteiger partial charge on any atom is 0.0407 e. The molecular formula is C11H9ClS. The molecule has 0 amide bonds. The molecule has 2 heteroatoms. The van der Waals surface area contributed by atoms with Crippen molar-refractivity contribution in [1.82, 2.24) is 0 Å². The van der Waals surface area contributed by atoms with Crippen LogP contribution in [0.15, 0.2) is 35.7 Å². The summed E-state index contributed by atoms with van der Waals surface area (Å²) in [4.78, 5) is 0. The molecule has 1 heterocycles. The second-order valence-electron chi connectivity index (χ2n) is 2.74. The van der Waals surface area contributed by atoms with E-state index in [1.54, 1.807) is 11.3 Å². The fourth-order valence-electron chi connectivity index (χ4n) is 1.33. The third kappa shape index (κ3) is 1.77. The Morgan fingerprint density at radius 1 is 1.31 bits per heavy atom. The molecule has 13 heavy (non-hydrogen) atoms. The molecule has 0 saturated carbocycles. The lowest BCUT2D eigenvalue weighted by molar-refractivity contribution is 1.74. The lowest BCUT2D eigenvalue weighted by atomic mass is 10.1. The van der Waals surface area contributed by atoms with Gasteiger partial charge in [-0.25, -0.2) is 0 Å². The largest absolute Gasteiger partial charge is 0.144 e. The molecule has 0 aliphatic heterocycles. The van der Waals surface area contributed by atoms with Crippen molar-refractivity contribution in [3.8, 4) is 0 Å². The van der Waals surface area contributed by atoms with Crippen LogP contribution in [0, 0.1) is 0 Å². The Bertz CT molecular complexity index is 428. The van der Waals surface area contributed by atoms with Crippen LogP contribution >= 0.6 is 22.9 Å². The quantitative estimate of drug-likeness (QED) is 0.651. The lowest BCUT2D eigenvalue weighted by Crippen LogP contribution is -1.72. The highest BCUT2D eigenvalue weighted by atomic mass is 35.5. The van der Waals surface area contributed by atoms with Crippen molar-refractivity contribution >= 4 is 39.1 Å². The van der Waals surface area contributed by atoms with E-state index in [9.17, 15) is 0 Å². The average Bonchev–Trinajstić information content (AvgIpc) is 2.62. The number of halogens is 1. The number of alkyl halides is 1. The molecule has 0 bridgehead atoms. The van der Waals surface area contributed by atoms with Gasteiger partial charge in [0.25, 0.3) is 0 Å². The van der Waals surface area contributed by atoms with E-state index in [4.69, 9.17) is 11.6 Å². The minimum absolute atomic E-state index is 0.570. The Balaban J connectivity index is 2.54. The average molecular weight is 209 g/mol. The van der Waals surface area contributed by atoms with Crippen LogP contribution in [0.5, 0.6) is 0 Å². The number of fused-ring (bicyclic) bond motifs is 1. The predicted molar refractivity (Wildman–Crippen MR) is 61.6 cm³/mol. The first-order valence-electron chi connectivity index (χ1n) is 4.10. The number of hydrogen-bond donors (Lipinski definition) is 0. The van der Waals surface area contributed by atoms with Crippen molar-refractivity contribution in [2.75, 3.05) is 5.88 Å². The molecule has 2 aromatic rings. The Labute approximate surface area is 86.5 Å². The van der Waals surface area contributed by atoms with Crippen molar-refractivity contribution in [3.63, 3.8) is 0 Å². The van der Waals surface area contributed by atoms with Gasteiger partial charge in [0.15, 0.2) is 0 Å². The minimum Gasteiger partial charge on any atom is -0.144 e. The first-order chi connectivity index (χ1) is 6.42. The standard InChI is InChI=1S/C11H9ClS/c12-7-2-4-9-3-1-5-11-10(9)6-8-13-11/h1-6,8H,7H2. The molecule has 1 aromatic carbocycles. The van der Waals surface area contributed by atoms with Gasteiger partial charge >= 0.3 is 0 Å². The van der Waals surface area contributed by atoms with Crippen LogP contribution < -0.4 is 0 Å². The van der Waals surface area contributed by atoms with Crippen LogP contribution in [0.4, 0.5) is 0 Å². The lowest BCUT2D eigenvalue weighted by Gasteiger charge is -1.94. The molecule has 66 valence electrons. The normalized spacial score (nSPS) is 11.5. The van der Waals surface area contributed by atoms with Crippen molar-refractivity contribution in [2.45, 2.75) is 0 Å². The molecule has 0 spiro atoms. The molecule has 0 aliphatic rings. The molecule has 0 nitrogen and oxygen atoms in total. The van der Waals surface area contributed by atoms with E-state index in [-0.39, 0.29) is 0 Å². The molecule has 0 N–H and O–H groups in total. The van der Waals surface area contributed by atoms with E-state index in [2.05, 4.69) is 35.7 Å². The summed E-state index contributed by atoms with van der Waals surface area (Å²) in [6.45, 7) is 0. The predicted octanol–water partition coefficient (Wildman–Crippen LogP) is 4.15. The second-order valence-corrected chi connectivity index (χ2v) is 3.99. The highest BCUT2D eigenvalue weighted by Gasteiger charge is 1.97. The first-order valence-corrected chi connectivity index (χ1v) is 5.52. The van der Waals surface area contributed by atoms with Crippen LogP contribution in [-0.4, -0.2) is 5.88 Å². The summed E-state index contributed by atoms with van der Waals surface area (Å²) in [6.07, 6.45) is 4.04. The summed E-state index contributed by atoms with van der Waals surface area (Å²) < 4.78 is 1.33. The first kappa shape index (κ1) is 8.79. The monoisotopic (exact) mass is 208 g/mol. The number of benzene rings is 1. The molecule has 0 aliphatic carbocycles. The number of thiophene rings is 1. The molecule has 0 unspecified atom stereocenters. The van der Waals surface area contributed by atoms with E-state index in [1.807, 2.05) is 6.08 Å². The van der Waals surface area contributed by atoms with Gasteiger partial charge in [0.2, 0.25) is 0 Å². The van der Waals surface area contributed by atoms with Gasteiger partial charge in [0.05, 0.1) is 0 Å². The summed E-state index contributed by atoms with van der Waals surface area (Å²) in [6, 6.07) is 8.47. The number of rotatable bonds is 2. The van der Waals surface area contributed by atoms with Gasteiger partial charge < -0.3 is 0 Å². The maximum absolute atomic E-state index is 5.59. The van der Waals surface area contributed by atoms with Crippen LogP contribution in [0.25, 0.3) is 16.2 Å². The van der Waals surface area contributed by atoms with Gasteiger partial charge in [-0.05, 0) is 28.5 Å². The molecular weight excluding hydrogens is 200 g/mol. The zero-order valence-electron chi connectivity index (χ0n) is 7.03. The van der Waals surface area contributed by atoms with E-state index >= 15 is 0 Å². The van der Waals surface area contributed by atoms with Crippen LogP contribution in [-0.2, 0) is 0 Å². The summed E-state index contributed by atoms with van der Waals surface area (Å²) >= 11 is 7.36. The van der Waals surface area contributed by atoms with Crippen LogP contribution in [0.1, 0.15) is 5.56 Å². The molecule has 0 saturated heterocycles. The zero-order valence-corrected chi connectivity index (χ0v) is 8.61. The Morgan fingerprint density at radius 3 is 3.08 bits per heavy atom. The fraction of sp³-hybridized carbons (Fsp3) is 0.0909. The van der Waals surface area contributed by atoms with Gasteiger partial charge in [0, 0.05) is 10.6 Å². The molecule has 0 radical (unpaired) electrons. The van der Waals surface area contributed by atoms with Gasteiger partial charge in [-0.2, -0.15) is 0 Å². The summed E-state index contributed by atoms with van der Waals surface area (Å²) in [5.41, 5.74) is 1.25. The summed E-state index contributed by atoms with van der Waals surface area (Å²) in [5.74, 6) is 0.570. The zero-order chi connectivity index (χ0) is 9.10. The van der Waals surface area contributed by atoms with E-state index in [0.717, 1.165) is 0 Å². The smallest absolute Gasteiger partial charge is 0.0407 e. The molecule has 2 rings (SSSR count). The molecule has 0 fully saturated rings. The summed E-state index contributed by atoms with van der Waals surface area (Å²) in [5, 5.41) is 3.43. The topological polar surface area (TPSA) is 0 Å². The van der Waals surface area contributed by atoms with E-state index in [0.29, 0.717) is 5.88 Å².